The second-order valence-corrected chi connectivity index (χ2v) is 6.78. The van der Waals surface area contributed by atoms with Crippen LogP contribution in [-0.2, 0) is 4.79 Å². The molecule has 2 aromatic rings. The lowest BCUT2D eigenvalue weighted by atomic mass is 10.0. The van der Waals surface area contributed by atoms with E-state index in [4.69, 9.17) is 9.15 Å². The first-order valence-corrected chi connectivity index (χ1v) is 8.46. The third-order valence-corrected chi connectivity index (χ3v) is 4.58. The van der Waals surface area contributed by atoms with E-state index in [9.17, 15) is 9.59 Å². The minimum atomic E-state index is -0.342. The Morgan fingerprint density at radius 3 is 2.67 bits per heavy atom. The summed E-state index contributed by atoms with van der Waals surface area (Å²) in [6.45, 7) is 5.46. The molecule has 0 spiro atoms. The van der Waals surface area contributed by atoms with E-state index in [1.54, 1.807) is 23.8 Å². The molecule has 0 aliphatic carbocycles. The number of fused-ring (bicyclic) bond motifs is 1. The van der Waals surface area contributed by atoms with Crippen molar-refractivity contribution in [2.75, 3.05) is 20.2 Å². The number of methoxy groups -OCH3 is 1. The maximum atomic E-state index is 12.3. The highest BCUT2D eigenvalue weighted by atomic mass is 16.5. The number of benzene rings is 1. The lowest BCUT2D eigenvalue weighted by Gasteiger charge is -2.32. The molecular formula is C18H24N2O4. The van der Waals surface area contributed by atoms with Crippen LogP contribution in [-0.4, -0.2) is 35.6 Å². The van der Waals surface area contributed by atoms with Crippen molar-refractivity contribution in [3.05, 3.63) is 28.7 Å². The molecule has 0 saturated carbocycles. The van der Waals surface area contributed by atoms with Gasteiger partial charge >= 0.3 is 5.76 Å². The van der Waals surface area contributed by atoms with Gasteiger partial charge in [-0.15, -0.1) is 0 Å². The van der Waals surface area contributed by atoms with Crippen molar-refractivity contribution in [2.45, 2.75) is 39.2 Å². The van der Waals surface area contributed by atoms with Gasteiger partial charge in [0.1, 0.15) is 5.75 Å². The summed E-state index contributed by atoms with van der Waals surface area (Å²) in [6, 6.07) is 5.42. The maximum Gasteiger partial charge on any atom is 0.420 e. The number of hydrogen-bond donors (Lipinski definition) is 0. The number of piperidine rings is 1. The molecular weight excluding hydrogens is 308 g/mol. The zero-order valence-electron chi connectivity index (χ0n) is 14.4. The van der Waals surface area contributed by atoms with Gasteiger partial charge in [-0.2, -0.15) is 0 Å². The minimum Gasteiger partial charge on any atom is -0.497 e. The number of amides is 1. The van der Waals surface area contributed by atoms with E-state index in [2.05, 4.69) is 13.8 Å². The van der Waals surface area contributed by atoms with E-state index < -0.39 is 0 Å². The molecule has 1 aromatic carbocycles. The summed E-state index contributed by atoms with van der Waals surface area (Å²) in [7, 11) is 1.60. The number of aromatic nitrogens is 1. The summed E-state index contributed by atoms with van der Waals surface area (Å²) in [5.41, 5.74) is 1.32. The van der Waals surface area contributed by atoms with E-state index in [0.717, 1.165) is 18.4 Å². The highest BCUT2D eigenvalue weighted by Crippen LogP contribution is 2.28. The number of rotatable bonds is 4. The predicted octanol–water partition coefficient (Wildman–Crippen LogP) is 2.81. The highest BCUT2D eigenvalue weighted by Gasteiger charge is 2.27. The third kappa shape index (κ3) is 3.18. The smallest absolute Gasteiger partial charge is 0.420 e. The number of hydrogen-bond acceptors (Lipinski definition) is 4. The first kappa shape index (κ1) is 16.6. The molecule has 1 aliphatic heterocycles. The molecule has 1 aliphatic rings. The topological polar surface area (TPSA) is 64.7 Å². The monoisotopic (exact) mass is 332 g/mol. The van der Waals surface area contributed by atoms with E-state index in [0.29, 0.717) is 36.8 Å². The van der Waals surface area contributed by atoms with Gasteiger partial charge in [-0.25, -0.2) is 4.79 Å². The third-order valence-electron chi connectivity index (χ3n) is 4.58. The van der Waals surface area contributed by atoms with Crippen LogP contribution in [0.4, 0.5) is 0 Å². The van der Waals surface area contributed by atoms with Gasteiger partial charge in [-0.3, -0.25) is 9.36 Å². The van der Waals surface area contributed by atoms with Crippen molar-refractivity contribution in [1.82, 2.24) is 9.47 Å². The summed E-state index contributed by atoms with van der Waals surface area (Å²) in [4.78, 5) is 26.4. The van der Waals surface area contributed by atoms with Crippen LogP contribution >= 0.6 is 0 Å². The molecule has 0 N–H and O–H groups in total. The van der Waals surface area contributed by atoms with Crippen LogP contribution < -0.4 is 10.5 Å². The van der Waals surface area contributed by atoms with Gasteiger partial charge in [-0.05, 0) is 30.9 Å². The van der Waals surface area contributed by atoms with Crippen LogP contribution in [0, 0.1) is 5.92 Å². The fourth-order valence-corrected chi connectivity index (χ4v) is 3.34. The van der Waals surface area contributed by atoms with Crippen LogP contribution in [0.1, 0.15) is 39.2 Å². The average Bonchev–Trinajstić information content (AvgIpc) is 2.89. The first-order valence-electron chi connectivity index (χ1n) is 8.46. The summed E-state index contributed by atoms with van der Waals surface area (Å²) in [6.07, 6.45) is 2.10. The van der Waals surface area contributed by atoms with Crippen molar-refractivity contribution in [3.8, 4) is 5.75 Å². The number of ether oxygens (including phenoxy) is 1. The van der Waals surface area contributed by atoms with Crippen LogP contribution in [0.25, 0.3) is 11.1 Å². The molecule has 1 fully saturated rings. The number of oxazole rings is 1. The molecule has 3 rings (SSSR count). The molecule has 1 aromatic heterocycles. The zero-order chi connectivity index (χ0) is 17.3. The van der Waals surface area contributed by atoms with Crippen LogP contribution in [0.5, 0.6) is 5.75 Å². The Hall–Kier alpha value is -2.24. The largest absolute Gasteiger partial charge is 0.497 e. The Morgan fingerprint density at radius 2 is 2.04 bits per heavy atom. The van der Waals surface area contributed by atoms with Crippen molar-refractivity contribution in [2.24, 2.45) is 5.92 Å². The van der Waals surface area contributed by atoms with Crippen LogP contribution in [0.2, 0.25) is 0 Å². The van der Waals surface area contributed by atoms with E-state index in [-0.39, 0.29) is 17.7 Å². The maximum absolute atomic E-state index is 12.3. The average molecular weight is 332 g/mol. The molecule has 0 atom stereocenters. The second kappa shape index (κ2) is 6.71. The molecule has 2 heterocycles. The van der Waals surface area contributed by atoms with Crippen molar-refractivity contribution >= 4 is 17.0 Å². The first-order chi connectivity index (χ1) is 11.5. The summed E-state index contributed by atoms with van der Waals surface area (Å²) < 4.78 is 12.3. The van der Waals surface area contributed by atoms with Gasteiger partial charge in [0.05, 0.1) is 12.6 Å². The Morgan fingerprint density at radius 1 is 1.33 bits per heavy atom. The summed E-state index contributed by atoms with van der Waals surface area (Å²) in [5, 5.41) is 0. The highest BCUT2D eigenvalue weighted by molar-refractivity contribution is 5.77. The van der Waals surface area contributed by atoms with Gasteiger partial charge in [0.2, 0.25) is 5.91 Å². The molecule has 6 nitrogen and oxygen atoms in total. The quantitative estimate of drug-likeness (QED) is 0.863. The standard InChI is InChI=1S/C18H24N2O4/c1-12(2)10-17(21)19-8-6-13(7-9-19)20-15-11-14(23-3)4-5-16(15)24-18(20)22/h4-5,11-13H,6-10H2,1-3H3. The predicted molar refractivity (Wildman–Crippen MR) is 91.3 cm³/mol. The normalized spacial score (nSPS) is 16.1. The second-order valence-electron chi connectivity index (χ2n) is 6.78. The van der Waals surface area contributed by atoms with E-state index in [1.165, 1.54) is 0 Å². The summed E-state index contributed by atoms with van der Waals surface area (Å²) in [5.74, 6) is 0.921. The summed E-state index contributed by atoms with van der Waals surface area (Å²) >= 11 is 0. The fourth-order valence-electron chi connectivity index (χ4n) is 3.34. The molecule has 1 saturated heterocycles. The van der Waals surface area contributed by atoms with Crippen molar-refractivity contribution in [3.63, 3.8) is 0 Å². The van der Waals surface area contributed by atoms with Crippen molar-refractivity contribution < 1.29 is 13.9 Å². The number of carbonyl (C=O) groups is 1. The Bertz CT molecular complexity index is 782. The van der Waals surface area contributed by atoms with Gasteiger partial charge in [0.25, 0.3) is 0 Å². The van der Waals surface area contributed by atoms with Crippen molar-refractivity contribution in [1.29, 1.82) is 0 Å². The van der Waals surface area contributed by atoms with Gasteiger partial charge in [0, 0.05) is 31.6 Å². The molecule has 0 unspecified atom stereocenters. The lowest BCUT2D eigenvalue weighted by Crippen LogP contribution is -2.40. The molecule has 0 bridgehead atoms. The Labute approximate surface area is 141 Å². The SMILES string of the molecule is COc1ccc2oc(=O)n(C3CCN(C(=O)CC(C)C)CC3)c2c1. The molecule has 1 amide bonds. The number of carbonyl (C=O) groups excluding carboxylic acids is 1. The van der Waals surface area contributed by atoms with Gasteiger partial charge in [0.15, 0.2) is 5.58 Å². The van der Waals surface area contributed by atoms with Crippen LogP contribution in [0.3, 0.4) is 0 Å². The van der Waals surface area contributed by atoms with E-state index in [1.807, 2.05) is 11.0 Å². The Balaban J connectivity index is 1.79. The molecule has 130 valence electrons. The molecule has 24 heavy (non-hydrogen) atoms. The lowest BCUT2D eigenvalue weighted by molar-refractivity contribution is -0.133. The molecule has 6 heteroatoms. The van der Waals surface area contributed by atoms with Crippen LogP contribution in [0.15, 0.2) is 27.4 Å². The van der Waals surface area contributed by atoms with Gasteiger partial charge in [-0.1, -0.05) is 13.8 Å². The minimum absolute atomic E-state index is 0.0500. The number of likely N-dealkylation sites (tertiary alicyclic amines) is 1. The molecule has 0 radical (unpaired) electrons. The zero-order valence-corrected chi connectivity index (χ0v) is 14.4. The van der Waals surface area contributed by atoms with Gasteiger partial charge < -0.3 is 14.1 Å². The van der Waals surface area contributed by atoms with E-state index >= 15 is 0 Å². The fraction of sp³-hybridized carbons (Fsp3) is 0.556. The Kier molecular flexibility index (Phi) is 4.64. The number of nitrogens with zero attached hydrogens (tertiary/aromatic N) is 2.